The van der Waals surface area contributed by atoms with Gasteiger partial charge < -0.3 is 14.8 Å². The van der Waals surface area contributed by atoms with Crippen molar-refractivity contribution in [3.05, 3.63) is 35.9 Å². The molecule has 0 bridgehead atoms. The van der Waals surface area contributed by atoms with Gasteiger partial charge in [0.15, 0.2) is 0 Å². The molecule has 1 heterocycles. The molecule has 1 aliphatic heterocycles. The summed E-state index contributed by atoms with van der Waals surface area (Å²) in [6, 6.07) is 9.98. The highest BCUT2D eigenvalue weighted by Gasteiger charge is 2.29. The van der Waals surface area contributed by atoms with E-state index < -0.39 is 0 Å². The quantitative estimate of drug-likeness (QED) is 0.840. The molecule has 0 aromatic heterocycles. The van der Waals surface area contributed by atoms with Crippen LogP contribution in [-0.2, 0) is 14.3 Å². The summed E-state index contributed by atoms with van der Waals surface area (Å²) in [5.41, 5.74) is 1.08. The van der Waals surface area contributed by atoms with Crippen LogP contribution in [0.5, 0.6) is 0 Å². The van der Waals surface area contributed by atoms with Crippen LogP contribution in [0.1, 0.15) is 44.8 Å². The summed E-state index contributed by atoms with van der Waals surface area (Å²) in [5, 5.41) is 2.96. The molecule has 1 aromatic rings. The smallest absolute Gasteiger partial charge is 0.249 e. The van der Waals surface area contributed by atoms with Crippen LogP contribution in [0, 0.1) is 0 Å². The largest absolute Gasteiger partial charge is 0.372 e. The Labute approximate surface area is 126 Å². The van der Waals surface area contributed by atoms with Crippen LogP contribution in [0.4, 0.5) is 0 Å². The Hall–Kier alpha value is -1.39. The van der Waals surface area contributed by atoms with Gasteiger partial charge in [-0.15, -0.1) is 0 Å². The fourth-order valence-electron chi connectivity index (χ4n) is 2.65. The van der Waals surface area contributed by atoms with Gasteiger partial charge in [0.1, 0.15) is 6.10 Å². The van der Waals surface area contributed by atoms with Gasteiger partial charge in [0.05, 0.1) is 12.2 Å². The number of nitrogens with one attached hydrogen (secondary N) is 1. The van der Waals surface area contributed by atoms with Crippen molar-refractivity contribution in [2.75, 3.05) is 13.2 Å². The second-order valence-electron chi connectivity index (χ2n) is 5.33. The van der Waals surface area contributed by atoms with E-state index in [4.69, 9.17) is 9.47 Å². The number of ether oxygens (including phenoxy) is 2. The Morgan fingerprint density at radius 2 is 2.10 bits per heavy atom. The lowest BCUT2D eigenvalue weighted by atomic mass is 10.1. The monoisotopic (exact) mass is 291 g/mol. The molecular weight excluding hydrogens is 266 g/mol. The summed E-state index contributed by atoms with van der Waals surface area (Å²) >= 11 is 0. The Kier molecular flexibility index (Phi) is 6.21. The summed E-state index contributed by atoms with van der Waals surface area (Å²) in [4.78, 5) is 12.2. The van der Waals surface area contributed by atoms with E-state index in [0.717, 1.165) is 24.8 Å². The molecule has 0 unspecified atom stereocenters. The van der Waals surface area contributed by atoms with Crippen molar-refractivity contribution in [2.45, 2.75) is 51.4 Å². The highest BCUT2D eigenvalue weighted by Crippen LogP contribution is 2.22. The third-order valence-corrected chi connectivity index (χ3v) is 3.86. The summed E-state index contributed by atoms with van der Waals surface area (Å²) in [6.45, 7) is 5.15. The number of hydrogen-bond acceptors (Lipinski definition) is 3. The van der Waals surface area contributed by atoms with Gasteiger partial charge in [-0.1, -0.05) is 37.3 Å². The van der Waals surface area contributed by atoms with Gasteiger partial charge >= 0.3 is 0 Å². The maximum atomic E-state index is 12.2. The summed E-state index contributed by atoms with van der Waals surface area (Å²) in [7, 11) is 0. The Balaban J connectivity index is 1.86. The molecule has 0 radical (unpaired) electrons. The lowest BCUT2D eigenvalue weighted by Crippen LogP contribution is -2.37. The molecule has 1 amide bonds. The predicted octanol–water partition coefficient (Wildman–Crippen LogP) is 2.84. The fourth-order valence-corrected chi connectivity index (χ4v) is 2.65. The normalized spacial score (nSPS) is 23.0. The predicted molar refractivity (Wildman–Crippen MR) is 82.0 cm³/mol. The number of amides is 1. The topological polar surface area (TPSA) is 47.6 Å². The molecule has 1 aromatic carbocycles. The first-order valence-electron chi connectivity index (χ1n) is 7.84. The zero-order valence-corrected chi connectivity index (χ0v) is 12.9. The Morgan fingerprint density at radius 3 is 2.71 bits per heavy atom. The van der Waals surface area contributed by atoms with Gasteiger partial charge in [0, 0.05) is 13.2 Å². The van der Waals surface area contributed by atoms with E-state index in [1.807, 2.05) is 37.3 Å². The van der Waals surface area contributed by atoms with Gasteiger partial charge in [-0.3, -0.25) is 4.79 Å². The van der Waals surface area contributed by atoms with E-state index >= 15 is 0 Å². The minimum Gasteiger partial charge on any atom is -0.372 e. The van der Waals surface area contributed by atoms with E-state index in [1.54, 1.807) is 0 Å². The number of benzene rings is 1. The molecule has 2 rings (SSSR count). The third kappa shape index (κ3) is 4.55. The van der Waals surface area contributed by atoms with Crippen LogP contribution < -0.4 is 5.32 Å². The Bertz CT molecular complexity index is 435. The summed E-state index contributed by atoms with van der Waals surface area (Å²) in [6.07, 6.45) is 2.58. The number of carbonyl (C=O) groups is 1. The van der Waals surface area contributed by atoms with Crippen molar-refractivity contribution in [3.63, 3.8) is 0 Å². The van der Waals surface area contributed by atoms with E-state index in [0.29, 0.717) is 13.2 Å². The van der Waals surface area contributed by atoms with Crippen molar-refractivity contribution in [1.29, 1.82) is 0 Å². The molecule has 1 fully saturated rings. The molecule has 1 N–H and O–H groups in total. The SMILES string of the molecule is CCO[C@H](CNC(=O)[C@@H]1CC[C@H](CC)O1)c1ccccc1. The summed E-state index contributed by atoms with van der Waals surface area (Å²) in [5.74, 6) is -0.0217. The van der Waals surface area contributed by atoms with Crippen LogP contribution in [-0.4, -0.2) is 31.3 Å². The average Bonchev–Trinajstić information content (AvgIpc) is 3.01. The van der Waals surface area contributed by atoms with Gasteiger partial charge in [-0.2, -0.15) is 0 Å². The van der Waals surface area contributed by atoms with E-state index in [2.05, 4.69) is 12.2 Å². The van der Waals surface area contributed by atoms with Gasteiger partial charge in [-0.25, -0.2) is 0 Å². The average molecular weight is 291 g/mol. The first kappa shape index (κ1) is 16.0. The zero-order valence-electron chi connectivity index (χ0n) is 12.9. The van der Waals surface area contributed by atoms with Crippen LogP contribution in [0.3, 0.4) is 0 Å². The molecule has 0 aliphatic carbocycles. The Morgan fingerprint density at radius 1 is 1.33 bits per heavy atom. The molecule has 0 saturated carbocycles. The van der Waals surface area contributed by atoms with Crippen molar-refractivity contribution in [1.82, 2.24) is 5.32 Å². The molecule has 1 saturated heterocycles. The van der Waals surface area contributed by atoms with Crippen LogP contribution in [0.2, 0.25) is 0 Å². The number of rotatable bonds is 7. The minimum atomic E-state index is -0.298. The van der Waals surface area contributed by atoms with E-state index in [9.17, 15) is 4.79 Å². The first-order chi connectivity index (χ1) is 10.2. The fraction of sp³-hybridized carbons (Fsp3) is 0.588. The van der Waals surface area contributed by atoms with Crippen LogP contribution >= 0.6 is 0 Å². The second kappa shape index (κ2) is 8.15. The first-order valence-corrected chi connectivity index (χ1v) is 7.84. The number of hydrogen-bond donors (Lipinski definition) is 1. The molecule has 0 spiro atoms. The highest BCUT2D eigenvalue weighted by atomic mass is 16.5. The molecule has 3 atom stereocenters. The lowest BCUT2D eigenvalue weighted by Gasteiger charge is -2.19. The second-order valence-corrected chi connectivity index (χ2v) is 5.33. The van der Waals surface area contributed by atoms with Crippen molar-refractivity contribution >= 4 is 5.91 Å². The van der Waals surface area contributed by atoms with E-state index in [-0.39, 0.29) is 24.2 Å². The van der Waals surface area contributed by atoms with Gasteiger partial charge in [0.25, 0.3) is 0 Å². The molecular formula is C17H25NO3. The minimum absolute atomic E-state index is 0.0217. The third-order valence-electron chi connectivity index (χ3n) is 3.86. The maximum absolute atomic E-state index is 12.2. The van der Waals surface area contributed by atoms with Crippen LogP contribution in [0.15, 0.2) is 30.3 Å². The maximum Gasteiger partial charge on any atom is 0.249 e. The standard InChI is InChI=1S/C17H25NO3/c1-3-14-10-11-15(21-14)17(19)18-12-16(20-4-2)13-8-6-5-7-9-13/h5-9,14-16H,3-4,10-12H2,1-2H3,(H,18,19)/t14-,15-,16+/m0/s1. The van der Waals surface area contributed by atoms with Crippen molar-refractivity contribution < 1.29 is 14.3 Å². The van der Waals surface area contributed by atoms with Gasteiger partial charge in [0.2, 0.25) is 5.91 Å². The number of carbonyl (C=O) groups excluding carboxylic acids is 1. The molecule has 4 nitrogen and oxygen atoms in total. The highest BCUT2D eigenvalue weighted by molar-refractivity contribution is 5.81. The van der Waals surface area contributed by atoms with Crippen LogP contribution in [0.25, 0.3) is 0 Å². The lowest BCUT2D eigenvalue weighted by molar-refractivity contribution is -0.132. The summed E-state index contributed by atoms with van der Waals surface area (Å²) < 4.78 is 11.4. The van der Waals surface area contributed by atoms with Gasteiger partial charge in [-0.05, 0) is 31.7 Å². The molecule has 21 heavy (non-hydrogen) atoms. The zero-order chi connectivity index (χ0) is 15.1. The van der Waals surface area contributed by atoms with E-state index in [1.165, 1.54) is 0 Å². The van der Waals surface area contributed by atoms with Crippen molar-refractivity contribution in [3.8, 4) is 0 Å². The van der Waals surface area contributed by atoms with Crippen molar-refractivity contribution in [2.24, 2.45) is 0 Å². The molecule has 4 heteroatoms. The molecule has 1 aliphatic rings. The molecule has 116 valence electrons.